The second-order valence-electron chi connectivity index (χ2n) is 4.03. The van der Waals surface area contributed by atoms with Gasteiger partial charge in [0.15, 0.2) is 0 Å². The molecule has 0 saturated heterocycles. The van der Waals surface area contributed by atoms with Gasteiger partial charge in [0.2, 0.25) is 0 Å². The Morgan fingerprint density at radius 2 is 2.05 bits per heavy atom. The van der Waals surface area contributed by atoms with E-state index in [1.54, 1.807) is 41.7 Å². The van der Waals surface area contributed by atoms with E-state index in [2.05, 4.69) is 0 Å². The van der Waals surface area contributed by atoms with Crippen molar-refractivity contribution >= 4 is 29.1 Å². The van der Waals surface area contributed by atoms with Crippen molar-refractivity contribution in [3.63, 3.8) is 0 Å². The molecule has 94 valence electrons. The maximum absolute atomic E-state index is 13.6. The Morgan fingerprint density at radius 3 is 2.79 bits per heavy atom. The largest absolute Gasteiger partial charge is 0.422 e. The highest BCUT2D eigenvalue weighted by molar-refractivity contribution is 7.08. The van der Waals surface area contributed by atoms with Crippen molar-refractivity contribution in [3.05, 3.63) is 69.7 Å². The first-order valence-electron chi connectivity index (χ1n) is 5.67. The third-order valence-electron chi connectivity index (χ3n) is 2.73. The van der Waals surface area contributed by atoms with E-state index >= 15 is 0 Å². The van der Waals surface area contributed by atoms with E-state index in [0.717, 1.165) is 5.56 Å². The minimum atomic E-state index is -0.454. The molecule has 1 aromatic carbocycles. The molecule has 0 amide bonds. The minimum absolute atomic E-state index is 0.254. The number of ether oxygens (including phenoxy) is 1. The third-order valence-corrected chi connectivity index (χ3v) is 3.43. The van der Waals surface area contributed by atoms with Crippen LogP contribution in [0.2, 0.25) is 0 Å². The number of benzene rings is 1. The van der Waals surface area contributed by atoms with Gasteiger partial charge in [-0.2, -0.15) is 11.3 Å². The highest BCUT2D eigenvalue weighted by Gasteiger charge is 2.23. The van der Waals surface area contributed by atoms with Gasteiger partial charge in [0.25, 0.3) is 0 Å². The molecule has 19 heavy (non-hydrogen) atoms. The number of carbonyl (C=O) groups is 1. The first-order chi connectivity index (χ1) is 9.24. The van der Waals surface area contributed by atoms with E-state index in [0.29, 0.717) is 11.1 Å². The van der Waals surface area contributed by atoms with Gasteiger partial charge < -0.3 is 4.74 Å². The van der Waals surface area contributed by atoms with Crippen LogP contribution in [0.3, 0.4) is 0 Å². The summed E-state index contributed by atoms with van der Waals surface area (Å²) >= 11 is 1.55. The van der Waals surface area contributed by atoms with Crippen LogP contribution in [-0.4, -0.2) is 5.97 Å². The van der Waals surface area contributed by atoms with Crippen molar-refractivity contribution in [1.82, 2.24) is 0 Å². The molecule has 3 rings (SSSR count). The molecule has 0 fully saturated rings. The zero-order chi connectivity index (χ0) is 13.2. The molecule has 0 unspecified atom stereocenters. The Labute approximate surface area is 113 Å². The van der Waals surface area contributed by atoms with Crippen LogP contribution in [0.15, 0.2) is 52.7 Å². The molecule has 0 radical (unpaired) electrons. The van der Waals surface area contributed by atoms with Gasteiger partial charge in [-0.05, 0) is 46.7 Å². The molecule has 2 heterocycles. The summed E-state index contributed by atoms with van der Waals surface area (Å²) in [4.78, 5) is 11.7. The molecule has 0 bridgehead atoms. The lowest BCUT2D eigenvalue weighted by Crippen LogP contribution is -1.97. The van der Waals surface area contributed by atoms with Crippen LogP contribution in [0.1, 0.15) is 11.1 Å². The summed E-state index contributed by atoms with van der Waals surface area (Å²) in [6.45, 7) is 0. The average Bonchev–Trinajstić information content (AvgIpc) is 3.02. The molecule has 1 aliphatic heterocycles. The van der Waals surface area contributed by atoms with Crippen molar-refractivity contribution in [3.8, 4) is 0 Å². The summed E-state index contributed by atoms with van der Waals surface area (Å²) in [5.74, 6) is -0.604. The lowest BCUT2D eigenvalue weighted by atomic mass is 10.1. The summed E-state index contributed by atoms with van der Waals surface area (Å²) < 4.78 is 18.7. The van der Waals surface area contributed by atoms with Crippen molar-refractivity contribution in [2.24, 2.45) is 0 Å². The van der Waals surface area contributed by atoms with E-state index in [1.165, 1.54) is 6.07 Å². The summed E-state index contributed by atoms with van der Waals surface area (Å²) in [7, 11) is 0. The highest BCUT2D eigenvalue weighted by atomic mass is 32.1. The third kappa shape index (κ3) is 2.35. The molecule has 1 aromatic heterocycles. The number of carbonyl (C=O) groups excluding carboxylic acids is 1. The molecule has 1 aliphatic rings. The Morgan fingerprint density at radius 1 is 1.21 bits per heavy atom. The molecule has 0 atom stereocenters. The number of thiophene rings is 1. The van der Waals surface area contributed by atoms with E-state index in [-0.39, 0.29) is 5.76 Å². The first kappa shape index (κ1) is 11.9. The van der Waals surface area contributed by atoms with Gasteiger partial charge in [-0.25, -0.2) is 9.18 Å². The van der Waals surface area contributed by atoms with Crippen molar-refractivity contribution in [1.29, 1.82) is 0 Å². The Bertz CT molecular complexity index is 684. The molecule has 0 N–H and O–H groups in total. The molecular formula is C15H9FO2S. The fourth-order valence-corrected chi connectivity index (χ4v) is 2.44. The van der Waals surface area contributed by atoms with Gasteiger partial charge in [-0.1, -0.05) is 12.1 Å². The van der Waals surface area contributed by atoms with Crippen molar-refractivity contribution in [2.75, 3.05) is 0 Å². The van der Waals surface area contributed by atoms with Crippen LogP contribution in [0, 0.1) is 5.82 Å². The smallest absolute Gasteiger partial charge is 0.343 e. The van der Waals surface area contributed by atoms with E-state index in [4.69, 9.17) is 4.74 Å². The van der Waals surface area contributed by atoms with Crippen LogP contribution < -0.4 is 0 Å². The number of esters is 1. The second kappa shape index (κ2) is 4.82. The molecule has 0 aliphatic carbocycles. The fraction of sp³-hybridized carbons (Fsp3) is 0. The highest BCUT2D eigenvalue weighted by Crippen LogP contribution is 2.29. The summed E-state index contributed by atoms with van der Waals surface area (Å²) in [6, 6.07) is 8.12. The lowest BCUT2D eigenvalue weighted by molar-refractivity contribution is -0.130. The van der Waals surface area contributed by atoms with Crippen LogP contribution in [0.25, 0.3) is 11.8 Å². The quantitative estimate of drug-likeness (QED) is 0.613. The zero-order valence-electron chi connectivity index (χ0n) is 9.80. The first-order valence-corrected chi connectivity index (χ1v) is 6.61. The lowest BCUT2D eigenvalue weighted by Gasteiger charge is -2.02. The van der Waals surface area contributed by atoms with E-state index in [9.17, 15) is 9.18 Å². The fourth-order valence-electron chi connectivity index (χ4n) is 1.82. The Hall–Kier alpha value is -2.20. The summed E-state index contributed by atoms with van der Waals surface area (Å²) in [5, 5.41) is 3.85. The van der Waals surface area contributed by atoms with Gasteiger partial charge in [0, 0.05) is 0 Å². The number of halogens is 1. The predicted octanol–water partition coefficient (Wildman–Crippen LogP) is 3.87. The van der Waals surface area contributed by atoms with Crippen molar-refractivity contribution in [2.45, 2.75) is 0 Å². The number of cyclic esters (lactones) is 1. The van der Waals surface area contributed by atoms with Crippen LogP contribution >= 0.6 is 11.3 Å². The standard InChI is InChI=1S/C15H9FO2S/c16-13-4-2-1-3-12(13)14-8-11(15(17)18-14)7-10-5-6-19-9-10/h1-9H. The normalized spacial score (nSPS) is 16.6. The van der Waals surface area contributed by atoms with Crippen molar-refractivity contribution < 1.29 is 13.9 Å². The minimum Gasteiger partial charge on any atom is -0.422 e. The Balaban J connectivity index is 1.98. The van der Waals surface area contributed by atoms with Gasteiger partial charge in [0.1, 0.15) is 11.6 Å². The maximum atomic E-state index is 13.6. The summed E-state index contributed by atoms with van der Waals surface area (Å²) in [6.07, 6.45) is 3.30. The number of hydrogen-bond donors (Lipinski definition) is 0. The van der Waals surface area contributed by atoms with E-state index in [1.807, 2.05) is 16.8 Å². The number of hydrogen-bond acceptors (Lipinski definition) is 3. The van der Waals surface area contributed by atoms with Gasteiger partial charge >= 0.3 is 5.97 Å². The maximum Gasteiger partial charge on any atom is 0.343 e. The monoisotopic (exact) mass is 272 g/mol. The molecule has 0 spiro atoms. The molecule has 0 saturated carbocycles. The zero-order valence-corrected chi connectivity index (χ0v) is 10.6. The molecular weight excluding hydrogens is 263 g/mol. The average molecular weight is 272 g/mol. The summed E-state index contributed by atoms with van der Waals surface area (Å²) in [5.41, 5.74) is 1.66. The van der Waals surface area contributed by atoms with Gasteiger partial charge in [0.05, 0.1) is 11.1 Å². The molecule has 2 aromatic rings. The number of rotatable bonds is 2. The van der Waals surface area contributed by atoms with Gasteiger partial charge in [-0.3, -0.25) is 0 Å². The van der Waals surface area contributed by atoms with Crippen LogP contribution in [0.5, 0.6) is 0 Å². The molecule has 2 nitrogen and oxygen atoms in total. The topological polar surface area (TPSA) is 26.3 Å². The predicted molar refractivity (Wildman–Crippen MR) is 72.8 cm³/mol. The Kier molecular flexibility index (Phi) is 3.01. The second-order valence-corrected chi connectivity index (χ2v) is 4.81. The SMILES string of the molecule is O=C1OC(c2ccccc2F)=CC1=Cc1ccsc1. The van der Waals surface area contributed by atoms with E-state index < -0.39 is 11.8 Å². The van der Waals surface area contributed by atoms with Gasteiger partial charge in [-0.15, -0.1) is 0 Å². The molecule has 4 heteroatoms. The van der Waals surface area contributed by atoms with Crippen LogP contribution in [0.4, 0.5) is 4.39 Å². The van der Waals surface area contributed by atoms with Crippen LogP contribution in [-0.2, 0) is 9.53 Å².